The van der Waals surface area contributed by atoms with Crippen LogP contribution in [-0.2, 0) is 18.3 Å². The number of nitrogens with one attached hydrogen (secondary N) is 1. The van der Waals surface area contributed by atoms with E-state index in [0.29, 0.717) is 13.0 Å². The van der Waals surface area contributed by atoms with Crippen LogP contribution in [0.5, 0.6) is 0 Å². The molecule has 1 amide bonds. The molecule has 5 heteroatoms. The van der Waals surface area contributed by atoms with Crippen molar-refractivity contribution in [3.05, 3.63) is 47.3 Å². The molecule has 2 rings (SSSR count). The van der Waals surface area contributed by atoms with Crippen LogP contribution in [0.4, 0.5) is 0 Å². The van der Waals surface area contributed by atoms with Crippen LogP contribution in [0.1, 0.15) is 23.4 Å². The van der Waals surface area contributed by atoms with Crippen LogP contribution >= 0.6 is 11.8 Å². The molecule has 0 spiro atoms. The van der Waals surface area contributed by atoms with Crippen molar-refractivity contribution < 1.29 is 4.79 Å². The third kappa shape index (κ3) is 4.63. The van der Waals surface area contributed by atoms with Crippen LogP contribution in [0, 0.1) is 13.8 Å². The number of aryl methyl sites for hydroxylation is 2. The zero-order valence-electron chi connectivity index (χ0n) is 13.4. The quantitative estimate of drug-likeness (QED) is 0.631. The Labute approximate surface area is 136 Å². The van der Waals surface area contributed by atoms with E-state index in [-0.39, 0.29) is 5.91 Å². The molecule has 4 nitrogen and oxygen atoms in total. The normalized spacial score (nSPS) is 10.7. The highest BCUT2D eigenvalue weighted by Gasteiger charge is 2.11. The number of carbonyl (C=O) groups excluding carboxylic acids is 1. The minimum Gasteiger partial charge on any atom is -0.355 e. The SMILES string of the molecule is Cc1nn(C)c(C)c1CCC(=O)NCCSc1ccccc1. The second-order valence-corrected chi connectivity index (χ2v) is 6.45. The lowest BCUT2D eigenvalue weighted by Gasteiger charge is -2.06. The fraction of sp³-hybridized carbons (Fsp3) is 0.412. The van der Waals surface area contributed by atoms with E-state index in [1.165, 1.54) is 10.5 Å². The Hall–Kier alpha value is -1.75. The maximum absolute atomic E-state index is 11.9. The van der Waals surface area contributed by atoms with Crippen molar-refractivity contribution in [2.24, 2.45) is 7.05 Å². The molecule has 0 aliphatic carbocycles. The second kappa shape index (κ2) is 8.03. The van der Waals surface area contributed by atoms with Gasteiger partial charge < -0.3 is 5.32 Å². The Morgan fingerprint density at radius 2 is 2.00 bits per heavy atom. The van der Waals surface area contributed by atoms with Crippen LogP contribution < -0.4 is 5.32 Å². The molecule has 0 saturated heterocycles. The maximum atomic E-state index is 11.9. The molecule has 0 bridgehead atoms. The number of benzene rings is 1. The molecule has 118 valence electrons. The number of thioether (sulfide) groups is 1. The topological polar surface area (TPSA) is 46.9 Å². The average molecular weight is 317 g/mol. The largest absolute Gasteiger partial charge is 0.355 e. The van der Waals surface area contributed by atoms with Crippen molar-refractivity contribution in [2.45, 2.75) is 31.6 Å². The van der Waals surface area contributed by atoms with Crippen LogP contribution in [0.3, 0.4) is 0 Å². The summed E-state index contributed by atoms with van der Waals surface area (Å²) < 4.78 is 1.87. The summed E-state index contributed by atoms with van der Waals surface area (Å²) in [7, 11) is 1.94. The van der Waals surface area contributed by atoms with Gasteiger partial charge in [0.15, 0.2) is 0 Å². The Kier molecular flexibility index (Phi) is 6.07. The molecule has 1 aromatic carbocycles. The van der Waals surface area contributed by atoms with Crippen molar-refractivity contribution in [3.8, 4) is 0 Å². The molecule has 0 radical (unpaired) electrons. The predicted molar refractivity (Wildman–Crippen MR) is 91.2 cm³/mol. The molecule has 1 aromatic heterocycles. The first-order chi connectivity index (χ1) is 10.6. The zero-order chi connectivity index (χ0) is 15.9. The molecule has 0 fully saturated rings. The van der Waals surface area contributed by atoms with Crippen molar-refractivity contribution in [1.29, 1.82) is 0 Å². The summed E-state index contributed by atoms with van der Waals surface area (Å²) in [5.74, 6) is 0.997. The van der Waals surface area contributed by atoms with E-state index in [4.69, 9.17) is 0 Å². The minimum absolute atomic E-state index is 0.108. The van der Waals surface area contributed by atoms with Crippen molar-refractivity contribution in [1.82, 2.24) is 15.1 Å². The molecule has 2 aromatic rings. The van der Waals surface area contributed by atoms with E-state index in [1.807, 2.05) is 43.8 Å². The van der Waals surface area contributed by atoms with Gasteiger partial charge in [-0.05, 0) is 38.0 Å². The van der Waals surface area contributed by atoms with Crippen molar-refractivity contribution in [2.75, 3.05) is 12.3 Å². The van der Waals surface area contributed by atoms with E-state index < -0.39 is 0 Å². The summed E-state index contributed by atoms with van der Waals surface area (Å²) in [6.07, 6.45) is 1.27. The van der Waals surface area contributed by atoms with Gasteiger partial charge in [-0.2, -0.15) is 5.10 Å². The van der Waals surface area contributed by atoms with Gasteiger partial charge in [0.05, 0.1) is 5.69 Å². The molecule has 22 heavy (non-hydrogen) atoms. The lowest BCUT2D eigenvalue weighted by molar-refractivity contribution is -0.120. The molecular weight excluding hydrogens is 294 g/mol. The summed E-state index contributed by atoms with van der Waals surface area (Å²) in [5.41, 5.74) is 3.36. The van der Waals surface area contributed by atoms with E-state index >= 15 is 0 Å². The van der Waals surface area contributed by atoms with Crippen LogP contribution in [0.2, 0.25) is 0 Å². The van der Waals surface area contributed by atoms with Crippen LogP contribution in [0.25, 0.3) is 0 Å². The molecule has 0 atom stereocenters. The molecule has 1 N–H and O–H groups in total. The average Bonchev–Trinajstić information content (AvgIpc) is 2.76. The molecular formula is C17H23N3OS. The van der Waals surface area contributed by atoms with Gasteiger partial charge in [0.25, 0.3) is 0 Å². The number of hydrogen-bond donors (Lipinski definition) is 1. The van der Waals surface area contributed by atoms with E-state index in [2.05, 4.69) is 22.5 Å². The highest BCUT2D eigenvalue weighted by Crippen LogP contribution is 2.16. The number of carbonyl (C=O) groups is 1. The smallest absolute Gasteiger partial charge is 0.220 e. The summed E-state index contributed by atoms with van der Waals surface area (Å²) in [6.45, 7) is 4.74. The van der Waals surface area contributed by atoms with E-state index in [0.717, 1.165) is 23.6 Å². The van der Waals surface area contributed by atoms with Gasteiger partial charge in [0.1, 0.15) is 0 Å². The first-order valence-corrected chi connectivity index (χ1v) is 8.50. The summed E-state index contributed by atoms with van der Waals surface area (Å²) in [6, 6.07) is 10.2. The summed E-state index contributed by atoms with van der Waals surface area (Å²) in [5, 5.41) is 7.36. The zero-order valence-corrected chi connectivity index (χ0v) is 14.2. The van der Waals surface area contributed by atoms with Gasteiger partial charge >= 0.3 is 0 Å². The number of amides is 1. The molecule has 0 saturated carbocycles. The summed E-state index contributed by atoms with van der Waals surface area (Å²) in [4.78, 5) is 13.1. The Balaban J connectivity index is 1.68. The Morgan fingerprint density at radius 1 is 1.27 bits per heavy atom. The number of rotatable bonds is 7. The van der Waals surface area contributed by atoms with Crippen molar-refractivity contribution >= 4 is 17.7 Å². The monoisotopic (exact) mass is 317 g/mol. The van der Waals surface area contributed by atoms with Crippen LogP contribution in [0.15, 0.2) is 35.2 Å². The first-order valence-electron chi connectivity index (χ1n) is 7.51. The van der Waals surface area contributed by atoms with Crippen molar-refractivity contribution in [3.63, 3.8) is 0 Å². The summed E-state index contributed by atoms with van der Waals surface area (Å²) >= 11 is 1.76. The van der Waals surface area contributed by atoms with E-state index in [1.54, 1.807) is 11.8 Å². The maximum Gasteiger partial charge on any atom is 0.220 e. The van der Waals surface area contributed by atoms with Crippen LogP contribution in [-0.4, -0.2) is 28.0 Å². The van der Waals surface area contributed by atoms with E-state index in [9.17, 15) is 4.79 Å². The Morgan fingerprint density at radius 3 is 2.64 bits per heavy atom. The highest BCUT2D eigenvalue weighted by molar-refractivity contribution is 7.99. The van der Waals surface area contributed by atoms with Gasteiger partial charge in [0, 0.05) is 36.4 Å². The second-order valence-electron chi connectivity index (χ2n) is 5.28. The third-order valence-electron chi connectivity index (χ3n) is 3.70. The third-order valence-corrected chi connectivity index (χ3v) is 4.71. The number of nitrogens with zero attached hydrogens (tertiary/aromatic N) is 2. The molecule has 0 aliphatic heterocycles. The molecule has 0 unspecified atom stereocenters. The number of hydrogen-bond acceptors (Lipinski definition) is 3. The lowest BCUT2D eigenvalue weighted by atomic mass is 10.1. The molecule has 1 heterocycles. The predicted octanol–water partition coefficient (Wildman–Crippen LogP) is 2.88. The molecule has 0 aliphatic rings. The lowest BCUT2D eigenvalue weighted by Crippen LogP contribution is -2.26. The Bertz CT molecular complexity index is 622. The van der Waals surface area contributed by atoms with Gasteiger partial charge in [-0.3, -0.25) is 9.48 Å². The fourth-order valence-electron chi connectivity index (χ4n) is 2.38. The van der Waals surface area contributed by atoms with Gasteiger partial charge in [-0.15, -0.1) is 11.8 Å². The minimum atomic E-state index is 0.108. The standard InChI is InChI=1S/C17H23N3OS/c1-13-16(14(2)20(3)19-13)9-10-17(21)18-11-12-22-15-7-5-4-6-8-15/h4-8H,9-12H2,1-3H3,(H,18,21). The van der Waals surface area contributed by atoms with Gasteiger partial charge in [-0.1, -0.05) is 18.2 Å². The van der Waals surface area contributed by atoms with Gasteiger partial charge in [-0.25, -0.2) is 0 Å². The number of aromatic nitrogens is 2. The highest BCUT2D eigenvalue weighted by atomic mass is 32.2. The first kappa shape index (κ1) is 16.6. The fourth-order valence-corrected chi connectivity index (χ4v) is 3.17. The van der Waals surface area contributed by atoms with Gasteiger partial charge in [0.2, 0.25) is 5.91 Å².